The lowest BCUT2D eigenvalue weighted by Gasteiger charge is -2.37. The van der Waals surface area contributed by atoms with Gasteiger partial charge in [0.1, 0.15) is 16.6 Å². The Hall–Kier alpha value is -3.61. The van der Waals surface area contributed by atoms with Gasteiger partial charge in [-0.15, -0.1) is 0 Å². The Labute approximate surface area is 207 Å². The second kappa shape index (κ2) is 8.80. The van der Waals surface area contributed by atoms with Gasteiger partial charge in [0.2, 0.25) is 21.7 Å². The SMILES string of the molecule is Cc1ccc(-c2noc(C3CN(S(=O)(=O)C4CCOC4)C3)n2)cc1NC(=O)c1cnc2ccccn12. The topological polar surface area (TPSA) is 132 Å². The molecule has 0 spiro atoms. The fraction of sp³-hybridized carbons (Fsp3) is 0.333. The zero-order valence-corrected chi connectivity index (χ0v) is 20.3. The van der Waals surface area contributed by atoms with Crippen molar-refractivity contribution in [3.05, 3.63) is 65.9 Å². The summed E-state index contributed by atoms with van der Waals surface area (Å²) in [6.07, 6.45) is 3.85. The number of pyridine rings is 1. The molecule has 11 nitrogen and oxygen atoms in total. The van der Waals surface area contributed by atoms with Gasteiger partial charge in [-0.25, -0.2) is 13.4 Å². The average Bonchev–Trinajstić information content (AvgIpc) is 3.60. The Morgan fingerprint density at radius 1 is 1.19 bits per heavy atom. The smallest absolute Gasteiger partial charge is 0.274 e. The van der Waals surface area contributed by atoms with E-state index in [4.69, 9.17) is 9.26 Å². The first-order valence-corrected chi connectivity index (χ1v) is 13.2. The Morgan fingerprint density at radius 3 is 2.86 bits per heavy atom. The van der Waals surface area contributed by atoms with Crippen molar-refractivity contribution in [1.29, 1.82) is 0 Å². The maximum Gasteiger partial charge on any atom is 0.274 e. The third-order valence-electron chi connectivity index (χ3n) is 6.70. The summed E-state index contributed by atoms with van der Waals surface area (Å²) in [5, 5.41) is 6.57. The highest BCUT2D eigenvalue weighted by Gasteiger charge is 2.44. The fourth-order valence-corrected chi connectivity index (χ4v) is 6.32. The molecule has 0 radical (unpaired) electrons. The van der Waals surface area contributed by atoms with Crippen molar-refractivity contribution in [3.8, 4) is 11.4 Å². The molecule has 0 bridgehead atoms. The summed E-state index contributed by atoms with van der Waals surface area (Å²) in [6, 6.07) is 11.0. The van der Waals surface area contributed by atoms with Crippen molar-refractivity contribution < 1.29 is 22.5 Å². The van der Waals surface area contributed by atoms with Gasteiger partial charge in [-0.3, -0.25) is 9.20 Å². The lowest BCUT2D eigenvalue weighted by Crippen LogP contribution is -2.51. The third kappa shape index (κ3) is 3.96. The number of imidazole rings is 1. The van der Waals surface area contributed by atoms with Crippen molar-refractivity contribution in [2.24, 2.45) is 0 Å². The number of ether oxygens (including phenoxy) is 1. The van der Waals surface area contributed by atoms with Crippen molar-refractivity contribution >= 4 is 27.3 Å². The molecule has 2 aliphatic heterocycles. The number of amides is 1. The van der Waals surface area contributed by atoms with Crippen LogP contribution in [-0.2, 0) is 14.8 Å². The molecule has 186 valence electrons. The second-order valence-corrected chi connectivity index (χ2v) is 11.3. The van der Waals surface area contributed by atoms with E-state index in [1.165, 1.54) is 10.5 Å². The number of carbonyl (C=O) groups excluding carboxylic acids is 1. The van der Waals surface area contributed by atoms with Gasteiger partial charge in [0, 0.05) is 37.1 Å². The molecule has 2 fully saturated rings. The van der Waals surface area contributed by atoms with E-state index >= 15 is 0 Å². The maximum absolute atomic E-state index is 13.0. The second-order valence-electron chi connectivity index (χ2n) is 9.06. The highest BCUT2D eigenvalue weighted by molar-refractivity contribution is 7.89. The Morgan fingerprint density at radius 2 is 2.06 bits per heavy atom. The number of nitrogens with zero attached hydrogens (tertiary/aromatic N) is 5. The molecule has 4 aromatic rings. The summed E-state index contributed by atoms with van der Waals surface area (Å²) in [4.78, 5) is 21.7. The van der Waals surface area contributed by atoms with Gasteiger partial charge in [-0.05, 0) is 37.1 Å². The number of aryl methyl sites for hydroxylation is 1. The van der Waals surface area contributed by atoms with Crippen LogP contribution in [0, 0.1) is 6.92 Å². The number of hydrogen-bond acceptors (Lipinski definition) is 8. The van der Waals surface area contributed by atoms with E-state index in [0.717, 1.165) is 5.56 Å². The van der Waals surface area contributed by atoms with Crippen LogP contribution in [0.25, 0.3) is 17.0 Å². The Kier molecular flexibility index (Phi) is 5.58. The molecule has 1 atom stereocenters. The van der Waals surface area contributed by atoms with E-state index in [1.54, 1.807) is 16.7 Å². The molecule has 6 rings (SSSR count). The van der Waals surface area contributed by atoms with E-state index in [2.05, 4.69) is 20.4 Å². The Balaban J connectivity index is 1.16. The molecule has 36 heavy (non-hydrogen) atoms. The minimum absolute atomic E-state index is 0.150. The van der Waals surface area contributed by atoms with Gasteiger partial charge in [-0.1, -0.05) is 23.4 Å². The number of aromatic nitrogens is 4. The predicted octanol–water partition coefficient (Wildman–Crippen LogP) is 2.46. The van der Waals surface area contributed by atoms with E-state index in [-0.39, 0.29) is 18.4 Å². The summed E-state index contributed by atoms with van der Waals surface area (Å²) < 4.78 is 39.2. The summed E-state index contributed by atoms with van der Waals surface area (Å²) in [7, 11) is -3.37. The first-order chi connectivity index (χ1) is 17.4. The number of fused-ring (bicyclic) bond motifs is 1. The number of nitrogens with one attached hydrogen (secondary N) is 1. The molecule has 12 heteroatoms. The maximum atomic E-state index is 13.0. The number of carbonyl (C=O) groups is 1. The molecule has 0 aliphatic carbocycles. The molecule has 1 N–H and O–H groups in total. The summed E-state index contributed by atoms with van der Waals surface area (Å²) in [5.41, 5.74) is 3.28. The van der Waals surface area contributed by atoms with E-state index < -0.39 is 15.3 Å². The van der Waals surface area contributed by atoms with Gasteiger partial charge in [0.15, 0.2) is 0 Å². The molecule has 1 aromatic carbocycles. The number of sulfonamides is 1. The van der Waals surface area contributed by atoms with Gasteiger partial charge in [-0.2, -0.15) is 9.29 Å². The third-order valence-corrected chi connectivity index (χ3v) is 8.93. The molecular weight excluding hydrogens is 484 g/mol. The van der Waals surface area contributed by atoms with Gasteiger partial charge in [0.25, 0.3) is 5.91 Å². The van der Waals surface area contributed by atoms with Gasteiger partial charge < -0.3 is 14.6 Å². The minimum atomic E-state index is -3.37. The van der Waals surface area contributed by atoms with Crippen LogP contribution >= 0.6 is 0 Å². The highest BCUT2D eigenvalue weighted by atomic mass is 32.2. The van der Waals surface area contributed by atoms with Crippen LogP contribution in [0.2, 0.25) is 0 Å². The van der Waals surface area contributed by atoms with Crippen LogP contribution in [0.5, 0.6) is 0 Å². The lowest BCUT2D eigenvalue weighted by molar-refractivity contribution is 0.102. The standard InChI is InChI=1S/C24H24N6O5S/c1-15-5-6-16(10-19(15)26-23(31)20-11-25-21-4-2-3-8-30(20)21)22-27-24(35-28-22)17-12-29(13-17)36(32,33)18-7-9-34-14-18/h2-6,8,10-11,17-18H,7,9,12-14H2,1H3,(H,26,31). The molecular formula is C24H24N6O5S. The first kappa shape index (κ1) is 22.8. The molecule has 1 amide bonds. The van der Waals surface area contributed by atoms with Crippen LogP contribution in [0.4, 0.5) is 5.69 Å². The monoisotopic (exact) mass is 508 g/mol. The van der Waals surface area contributed by atoms with Gasteiger partial charge in [0.05, 0.1) is 18.7 Å². The van der Waals surface area contributed by atoms with Crippen LogP contribution in [0.1, 0.15) is 34.3 Å². The van der Waals surface area contributed by atoms with E-state index in [9.17, 15) is 13.2 Å². The van der Waals surface area contributed by atoms with Crippen molar-refractivity contribution in [2.45, 2.75) is 24.5 Å². The fourth-order valence-electron chi connectivity index (χ4n) is 4.46. The average molecular weight is 509 g/mol. The van der Waals surface area contributed by atoms with Crippen molar-refractivity contribution in [3.63, 3.8) is 0 Å². The predicted molar refractivity (Wildman–Crippen MR) is 130 cm³/mol. The molecule has 2 saturated heterocycles. The minimum Gasteiger partial charge on any atom is -0.380 e. The van der Waals surface area contributed by atoms with Crippen LogP contribution in [0.3, 0.4) is 0 Å². The summed E-state index contributed by atoms with van der Waals surface area (Å²) in [5.74, 6) is 0.339. The van der Waals surface area contributed by atoms with Crippen LogP contribution in [-0.4, -0.2) is 69.7 Å². The van der Waals surface area contributed by atoms with Crippen LogP contribution in [0.15, 0.2) is 53.3 Å². The summed E-state index contributed by atoms with van der Waals surface area (Å²) in [6.45, 7) is 3.25. The number of hydrogen-bond donors (Lipinski definition) is 1. The van der Waals surface area contributed by atoms with Crippen LogP contribution < -0.4 is 5.32 Å². The molecule has 2 aliphatic rings. The zero-order valence-electron chi connectivity index (χ0n) is 19.5. The largest absolute Gasteiger partial charge is 0.380 e. The molecule has 1 unspecified atom stereocenters. The number of anilines is 1. The summed E-state index contributed by atoms with van der Waals surface area (Å²) >= 11 is 0. The van der Waals surface area contributed by atoms with Gasteiger partial charge >= 0.3 is 0 Å². The molecule has 3 aromatic heterocycles. The lowest BCUT2D eigenvalue weighted by atomic mass is 10.0. The zero-order chi connectivity index (χ0) is 24.9. The highest BCUT2D eigenvalue weighted by Crippen LogP contribution is 2.33. The van der Waals surface area contributed by atoms with E-state index in [1.807, 2.05) is 37.3 Å². The number of rotatable bonds is 6. The molecule has 5 heterocycles. The number of benzene rings is 1. The van der Waals surface area contributed by atoms with Crippen molar-refractivity contribution in [2.75, 3.05) is 31.6 Å². The van der Waals surface area contributed by atoms with Crippen molar-refractivity contribution in [1.82, 2.24) is 23.8 Å². The Bertz CT molecular complexity index is 1550. The van der Waals surface area contributed by atoms with E-state index in [0.29, 0.717) is 60.4 Å². The normalized spacial score (nSPS) is 19.0. The first-order valence-electron chi connectivity index (χ1n) is 11.6. The quantitative estimate of drug-likeness (QED) is 0.420. The molecule has 0 saturated carbocycles.